The fraction of sp³-hybridized carbons (Fsp3) is 0.250. The molecule has 0 bridgehead atoms. The number of ether oxygens (including phenoxy) is 1. The Morgan fingerprint density at radius 3 is 2.71 bits per heavy atom. The van der Waals surface area contributed by atoms with Crippen molar-refractivity contribution in [1.82, 2.24) is 20.1 Å². The van der Waals surface area contributed by atoms with Crippen molar-refractivity contribution in [2.24, 2.45) is 0 Å². The molecule has 0 aliphatic heterocycles. The minimum absolute atomic E-state index is 0.123. The average molecular weight is 400 g/mol. The van der Waals surface area contributed by atoms with Gasteiger partial charge in [0.15, 0.2) is 5.16 Å². The SMILES string of the molecule is Cc1ccc(-n2cnnc2SCC(=O)NCCOc2ccc(F)cc2)cc1C. The number of rotatable bonds is 8. The van der Waals surface area contributed by atoms with Gasteiger partial charge in [0.25, 0.3) is 0 Å². The number of hydrogen-bond acceptors (Lipinski definition) is 5. The van der Waals surface area contributed by atoms with Gasteiger partial charge in [0.05, 0.1) is 12.3 Å². The molecule has 0 radical (unpaired) electrons. The number of nitrogens with zero attached hydrogens (tertiary/aromatic N) is 3. The number of carbonyl (C=O) groups excluding carboxylic acids is 1. The molecular formula is C20H21FN4O2S. The van der Waals surface area contributed by atoms with Crippen molar-refractivity contribution in [3.8, 4) is 11.4 Å². The minimum atomic E-state index is -0.314. The van der Waals surface area contributed by atoms with Gasteiger partial charge in [-0.15, -0.1) is 10.2 Å². The fourth-order valence-corrected chi connectivity index (χ4v) is 3.21. The van der Waals surface area contributed by atoms with Crippen LogP contribution in [0.4, 0.5) is 4.39 Å². The number of amides is 1. The van der Waals surface area contributed by atoms with Crippen LogP contribution in [0.5, 0.6) is 5.75 Å². The number of thioether (sulfide) groups is 1. The monoisotopic (exact) mass is 400 g/mol. The molecule has 0 unspecified atom stereocenters. The van der Waals surface area contributed by atoms with Gasteiger partial charge in [-0.2, -0.15) is 0 Å². The van der Waals surface area contributed by atoms with Gasteiger partial charge >= 0.3 is 0 Å². The number of aryl methyl sites for hydroxylation is 2. The Hall–Kier alpha value is -2.87. The molecular weight excluding hydrogens is 379 g/mol. The van der Waals surface area contributed by atoms with Crippen molar-refractivity contribution in [2.75, 3.05) is 18.9 Å². The van der Waals surface area contributed by atoms with Crippen molar-refractivity contribution < 1.29 is 13.9 Å². The van der Waals surface area contributed by atoms with Crippen LogP contribution in [0.15, 0.2) is 53.9 Å². The first-order valence-corrected chi connectivity index (χ1v) is 9.77. The summed E-state index contributed by atoms with van der Waals surface area (Å²) in [7, 11) is 0. The first-order chi connectivity index (χ1) is 13.5. The third kappa shape index (κ3) is 5.32. The van der Waals surface area contributed by atoms with Crippen LogP contribution in [-0.2, 0) is 4.79 Å². The van der Waals surface area contributed by atoms with E-state index in [1.165, 1.54) is 35.0 Å². The molecule has 1 heterocycles. The molecule has 146 valence electrons. The van der Waals surface area contributed by atoms with E-state index in [1.54, 1.807) is 18.5 Å². The summed E-state index contributed by atoms with van der Waals surface area (Å²) in [5.74, 6) is 0.347. The number of hydrogen-bond donors (Lipinski definition) is 1. The van der Waals surface area contributed by atoms with Gasteiger partial charge in [-0.3, -0.25) is 9.36 Å². The Kier molecular flexibility index (Phi) is 6.65. The summed E-state index contributed by atoms with van der Waals surface area (Å²) in [5.41, 5.74) is 3.36. The lowest BCUT2D eigenvalue weighted by molar-refractivity contribution is -0.118. The molecule has 1 N–H and O–H groups in total. The normalized spacial score (nSPS) is 10.7. The van der Waals surface area contributed by atoms with Crippen LogP contribution in [0, 0.1) is 19.7 Å². The quantitative estimate of drug-likeness (QED) is 0.464. The van der Waals surface area contributed by atoms with Gasteiger partial charge in [-0.05, 0) is 61.4 Å². The lowest BCUT2D eigenvalue weighted by Crippen LogP contribution is -2.29. The number of nitrogens with one attached hydrogen (secondary N) is 1. The molecule has 3 aromatic rings. The van der Waals surface area contributed by atoms with Crippen molar-refractivity contribution >= 4 is 17.7 Å². The highest BCUT2D eigenvalue weighted by Crippen LogP contribution is 2.21. The Labute approximate surface area is 167 Å². The summed E-state index contributed by atoms with van der Waals surface area (Å²) >= 11 is 1.32. The molecule has 0 saturated heterocycles. The second-order valence-electron chi connectivity index (χ2n) is 6.19. The zero-order valence-electron chi connectivity index (χ0n) is 15.7. The zero-order valence-corrected chi connectivity index (χ0v) is 16.5. The van der Waals surface area contributed by atoms with Gasteiger partial charge in [-0.1, -0.05) is 17.8 Å². The highest BCUT2D eigenvalue weighted by Gasteiger charge is 2.10. The van der Waals surface area contributed by atoms with E-state index in [2.05, 4.69) is 35.4 Å². The molecule has 0 aliphatic carbocycles. The van der Waals surface area contributed by atoms with Crippen LogP contribution in [0.25, 0.3) is 5.69 Å². The van der Waals surface area contributed by atoms with E-state index in [4.69, 9.17) is 4.74 Å². The van der Waals surface area contributed by atoms with Crippen LogP contribution in [-0.4, -0.2) is 39.6 Å². The Morgan fingerprint density at radius 2 is 1.96 bits per heavy atom. The molecule has 6 nitrogen and oxygen atoms in total. The molecule has 3 rings (SSSR count). The van der Waals surface area contributed by atoms with E-state index in [1.807, 2.05) is 16.7 Å². The van der Waals surface area contributed by atoms with E-state index in [9.17, 15) is 9.18 Å². The number of carbonyl (C=O) groups is 1. The molecule has 0 aliphatic rings. The van der Waals surface area contributed by atoms with Gasteiger partial charge in [0.1, 0.15) is 24.5 Å². The first kappa shape index (κ1) is 19.9. The number of benzene rings is 2. The maximum absolute atomic E-state index is 12.8. The minimum Gasteiger partial charge on any atom is -0.492 e. The topological polar surface area (TPSA) is 69.0 Å². The van der Waals surface area contributed by atoms with Crippen molar-refractivity contribution in [3.63, 3.8) is 0 Å². The van der Waals surface area contributed by atoms with Crippen LogP contribution >= 0.6 is 11.8 Å². The summed E-state index contributed by atoms with van der Waals surface area (Å²) in [6, 6.07) is 11.9. The standard InChI is InChI=1S/C20H21FN4O2S/c1-14-3-6-17(11-15(14)2)25-13-23-24-20(25)28-12-19(26)22-9-10-27-18-7-4-16(21)5-8-18/h3-8,11,13H,9-10,12H2,1-2H3,(H,22,26). The number of halogens is 1. The molecule has 28 heavy (non-hydrogen) atoms. The second kappa shape index (κ2) is 9.36. The predicted octanol–water partition coefficient (Wildman–Crippen LogP) is 3.31. The predicted molar refractivity (Wildman–Crippen MR) is 106 cm³/mol. The van der Waals surface area contributed by atoms with Crippen molar-refractivity contribution in [3.05, 3.63) is 65.7 Å². The Morgan fingerprint density at radius 1 is 1.18 bits per heavy atom. The third-order valence-corrected chi connectivity index (χ3v) is 5.07. The van der Waals surface area contributed by atoms with Crippen molar-refractivity contribution in [2.45, 2.75) is 19.0 Å². The van der Waals surface area contributed by atoms with Crippen LogP contribution in [0.1, 0.15) is 11.1 Å². The molecule has 0 saturated carbocycles. The van der Waals surface area contributed by atoms with E-state index < -0.39 is 0 Å². The summed E-state index contributed by atoms with van der Waals surface area (Å²) in [4.78, 5) is 12.0. The zero-order chi connectivity index (χ0) is 19.9. The molecule has 1 amide bonds. The summed E-state index contributed by atoms with van der Waals surface area (Å²) in [6.45, 7) is 4.78. The molecule has 1 aromatic heterocycles. The van der Waals surface area contributed by atoms with E-state index in [0.717, 1.165) is 5.69 Å². The lowest BCUT2D eigenvalue weighted by Gasteiger charge is -2.09. The van der Waals surface area contributed by atoms with Crippen LogP contribution in [0.2, 0.25) is 0 Å². The van der Waals surface area contributed by atoms with E-state index >= 15 is 0 Å². The largest absolute Gasteiger partial charge is 0.492 e. The van der Waals surface area contributed by atoms with Gasteiger partial charge in [0, 0.05) is 5.69 Å². The molecule has 2 aromatic carbocycles. The summed E-state index contributed by atoms with van der Waals surface area (Å²) < 4.78 is 20.1. The van der Waals surface area contributed by atoms with Gasteiger partial charge in [0.2, 0.25) is 5.91 Å². The summed E-state index contributed by atoms with van der Waals surface area (Å²) in [5, 5.41) is 11.5. The summed E-state index contributed by atoms with van der Waals surface area (Å²) in [6.07, 6.45) is 1.64. The Balaban J connectivity index is 1.45. The maximum atomic E-state index is 12.8. The van der Waals surface area contributed by atoms with Crippen molar-refractivity contribution in [1.29, 1.82) is 0 Å². The second-order valence-corrected chi connectivity index (χ2v) is 7.14. The van der Waals surface area contributed by atoms with Gasteiger partial charge < -0.3 is 10.1 Å². The van der Waals surface area contributed by atoms with E-state index in [-0.39, 0.29) is 17.5 Å². The van der Waals surface area contributed by atoms with Gasteiger partial charge in [-0.25, -0.2) is 4.39 Å². The average Bonchev–Trinajstić information content (AvgIpc) is 3.16. The molecule has 0 spiro atoms. The maximum Gasteiger partial charge on any atom is 0.230 e. The smallest absolute Gasteiger partial charge is 0.230 e. The fourth-order valence-electron chi connectivity index (χ4n) is 2.45. The third-order valence-electron chi connectivity index (χ3n) is 4.12. The highest BCUT2D eigenvalue weighted by molar-refractivity contribution is 7.99. The van der Waals surface area contributed by atoms with E-state index in [0.29, 0.717) is 24.1 Å². The molecule has 8 heteroatoms. The first-order valence-electron chi connectivity index (χ1n) is 8.78. The van der Waals surface area contributed by atoms with Crippen LogP contribution in [0.3, 0.4) is 0 Å². The molecule has 0 atom stereocenters. The molecule has 0 fully saturated rings. The van der Waals surface area contributed by atoms with Crippen LogP contribution < -0.4 is 10.1 Å². The highest BCUT2D eigenvalue weighted by atomic mass is 32.2. The Bertz CT molecular complexity index is 944. The lowest BCUT2D eigenvalue weighted by atomic mass is 10.1. The number of aromatic nitrogens is 3.